The van der Waals surface area contributed by atoms with Gasteiger partial charge in [0.2, 0.25) is 0 Å². The maximum Gasteiger partial charge on any atom is 0.329 e. The Morgan fingerprint density at radius 3 is 1.26 bits per heavy atom. The van der Waals surface area contributed by atoms with Gasteiger partial charge in [-0.2, -0.15) is 0 Å². The van der Waals surface area contributed by atoms with E-state index in [1.54, 1.807) is 0 Å². The van der Waals surface area contributed by atoms with Crippen LogP contribution in [0.1, 0.15) is 0 Å². The summed E-state index contributed by atoms with van der Waals surface area (Å²) in [7, 11) is 0. The summed E-state index contributed by atoms with van der Waals surface area (Å²) in [5.74, 6) is 0. The largest absolute Gasteiger partial charge is 0.375 e. The highest BCUT2D eigenvalue weighted by Crippen LogP contribution is 2.48. The van der Waals surface area contributed by atoms with E-state index in [-0.39, 0.29) is 6.85 Å². The highest BCUT2D eigenvalue weighted by atomic mass is 14.9. The topological polar surface area (TPSA) is 4.93 Å². The summed E-state index contributed by atoms with van der Waals surface area (Å²) >= 11 is 0. The predicted octanol–water partition coefficient (Wildman–Crippen LogP) is 11.1. The standard InChI is InChI=1S/C48H30BN/c1-4-12-31(13-5-1)34-20-22-35(23-21-34)36-24-25-40-42-27-38(33-16-8-3-9-17-33)29-44-43-28-37(32-14-6-2-7-15-32)26-41-39-18-10-11-19-45(39)49(46(40)30-36)50(47(41)43)48(42)44/h1-30H. The van der Waals surface area contributed by atoms with Crippen LogP contribution in [0, 0.1) is 0 Å². The van der Waals surface area contributed by atoms with Crippen LogP contribution in [0.25, 0.3) is 88.6 Å². The zero-order chi connectivity index (χ0) is 32.8. The molecule has 50 heavy (non-hydrogen) atoms. The van der Waals surface area contributed by atoms with Crippen molar-refractivity contribution in [1.29, 1.82) is 0 Å². The Morgan fingerprint density at radius 1 is 0.280 bits per heavy atom. The Bertz CT molecular complexity index is 2780. The van der Waals surface area contributed by atoms with Crippen LogP contribution in [-0.4, -0.2) is 11.3 Å². The minimum Gasteiger partial charge on any atom is -0.375 e. The van der Waals surface area contributed by atoms with Crippen LogP contribution in [0.4, 0.5) is 0 Å². The summed E-state index contributed by atoms with van der Waals surface area (Å²) in [5, 5.41) is 2.64. The summed E-state index contributed by atoms with van der Waals surface area (Å²) in [6.45, 7) is 0.0786. The fourth-order valence-corrected chi connectivity index (χ4v) is 8.70. The molecule has 0 N–H and O–H groups in total. The Labute approximate surface area is 291 Å². The first-order valence-electron chi connectivity index (χ1n) is 17.5. The van der Waals surface area contributed by atoms with E-state index < -0.39 is 0 Å². The Balaban J connectivity index is 1.21. The summed E-state index contributed by atoms with van der Waals surface area (Å²) in [4.78, 5) is 0. The van der Waals surface area contributed by atoms with Gasteiger partial charge in [-0.05, 0) is 90.8 Å². The molecule has 1 aromatic heterocycles. The van der Waals surface area contributed by atoms with Crippen molar-refractivity contribution in [2.45, 2.75) is 0 Å². The third-order valence-corrected chi connectivity index (χ3v) is 11.0. The summed E-state index contributed by atoms with van der Waals surface area (Å²) in [6, 6.07) is 67.4. The number of benzene rings is 8. The average molecular weight is 632 g/mol. The zero-order valence-electron chi connectivity index (χ0n) is 27.3. The molecule has 0 unspecified atom stereocenters. The van der Waals surface area contributed by atoms with E-state index in [9.17, 15) is 0 Å². The minimum atomic E-state index is 0.0786. The molecule has 0 amide bonds. The maximum absolute atomic E-state index is 2.67. The molecule has 9 aromatic rings. The molecular weight excluding hydrogens is 601 g/mol. The van der Waals surface area contributed by atoms with Crippen LogP contribution in [-0.2, 0) is 0 Å². The number of nitrogens with zero attached hydrogens (tertiary/aromatic N) is 1. The second-order valence-corrected chi connectivity index (χ2v) is 13.7. The fourth-order valence-electron chi connectivity index (χ4n) is 8.70. The molecule has 0 bridgehead atoms. The SMILES string of the molecule is c1ccc(-c2ccc(-c3ccc4c(c3)B3c5ccccc5-c5cc(-c6ccccc6)cc6c7cc(-c8ccccc8)cc-4c7n3c56)cc2)cc1. The third kappa shape index (κ3) is 3.97. The van der Waals surface area contributed by atoms with Crippen molar-refractivity contribution in [3.8, 4) is 66.8 Å². The van der Waals surface area contributed by atoms with Crippen LogP contribution >= 0.6 is 0 Å². The van der Waals surface area contributed by atoms with Crippen LogP contribution in [0.2, 0.25) is 0 Å². The Kier molecular flexibility index (Phi) is 5.82. The van der Waals surface area contributed by atoms with E-state index in [1.165, 1.54) is 99.5 Å². The molecule has 230 valence electrons. The molecular formula is C48H30BN. The fraction of sp³-hybridized carbons (Fsp3) is 0. The van der Waals surface area contributed by atoms with Gasteiger partial charge in [0, 0.05) is 32.9 Å². The van der Waals surface area contributed by atoms with E-state index >= 15 is 0 Å². The molecule has 2 aliphatic heterocycles. The smallest absolute Gasteiger partial charge is 0.329 e. The van der Waals surface area contributed by atoms with Crippen LogP contribution in [0.15, 0.2) is 182 Å². The number of fused-ring (bicyclic) bond motifs is 7. The average Bonchev–Trinajstić information content (AvgIpc) is 3.53. The highest BCUT2D eigenvalue weighted by molar-refractivity contribution is 6.88. The summed E-state index contributed by atoms with van der Waals surface area (Å²) < 4.78 is 2.67. The normalized spacial score (nSPS) is 12.4. The first-order chi connectivity index (χ1) is 24.8. The van der Waals surface area contributed by atoms with Gasteiger partial charge in [0.1, 0.15) is 0 Å². The second kappa shape index (κ2) is 10.6. The van der Waals surface area contributed by atoms with Gasteiger partial charge in [-0.25, -0.2) is 0 Å². The highest BCUT2D eigenvalue weighted by Gasteiger charge is 2.39. The number of aromatic nitrogens is 1. The number of hydrogen-bond acceptors (Lipinski definition) is 0. The number of rotatable bonds is 4. The van der Waals surface area contributed by atoms with Crippen molar-refractivity contribution < 1.29 is 0 Å². The third-order valence-electron chi connectivity index (χ3n) is 11.0. The minimum absolute atomic E-state index is 0.0786. The maximum atomic E-state index is 2.67. The lowest BCUT2D eigenvalue weighted by molar-refractivity contribution is 1.31. The molecule has 2 aliphatic rings. The Hall–Kier alpha value is -6.38. The van der Waals surface area contributed by atoms with E-state index in [4.69, 9.17) is 0 Å². The van der Waals surface area contributed by atoms with Gasteiger partial charge in [-0.15, -0.1) is 0 Å². The lowest BCUT2D eigenvalue weighted by atomic mass is 9.45. The first-order valence-corrected chi connectivity index (χ1v) is 17.5. The monoisotopic (exact) mass is 631 g/mol. The van der Waals surface area contributed by atoms with Gasteiger partial charge in [0.05, 0.1) is 0 Å². The van der Waals surface area contributed by atoms with Gasteiger partial charge >= 0.3 is 6.85 Å². The quantitative estimate of drug-likeness (QED) is 0.170. The van der Waals surface area contributed by atoms with Gasteiger partial charge in [-0.3, -0.25) is 0 Å². The molecule has 3 heterocycles. The molecule has 11 rings (SSSR count). The van der Waals surface area contributed by atoms with Crippen molar-refractivity contribution in [2.75, 3.05) is 0 Å². The molecule has 0 radical (unpaired) electrons. The van der Waals surface area contributed by atoms with Gasteiger partial charge < -0.3 is 4.48 Å². The van der Waals surface area contributed by atoms with E-state index in [2.05, 4.69) is 186 Å². The Morgan fingerprint density at radius 2 is 0.700 bits per heavy atom. The molecule has 0 atom stereocenters. The summed E-state index contributed by atoms with van der Waals surface area (Å²) in [5.41, 5.74) is 20.6. The van der Waals surface area contributed by atoms with Crippen molar-refractivity contribution in [2.24, 2.45) is 0 Å². The van der Waals surface area contributed by atoms with E-state index in [0.29, 0.717) is 0 Å². The van der Waals surface area contributed by atoms with Crippen molar-refractivity contribution in [1.82, 2.24) is 4.48 Å². The van der Waals surface area contributed by atoms with Gasteiger partial charge in [0.15, 0.2) is 0 Å². The van der Waals surface area contributed by atoms with Gasteiger partial charge in [0.25, 0.3) is 0 Å². The molecule has 0 saturated heterocycles. The molecule has 8 aromatic carbocycles. The predicted molar refractivity (Wildman–Crippen MR) is 212 cm³/mol. The van der Waals surface area contributed by atoms with Crippen LogP contribution in [0.5, 0.6) is 0 Å². The lowest BCUT2D eigenvalue weighted by Gasteiger charge is -2.33. The van der Waals surface area contributed by atoms with Crippen molar-refractivity contribution in [3.63, 3.8) is 0 Å². The molecule has 0 aliphatic carbocycles. The van der Waals surface area contributed by atoms with Crippen LogP contribution in [0.3, 0.4) is 0 Å². The molecule has 2 heteroatoms. The first kappa shape index (κ1) is 27.6. The van der Waals surface area contributed by atoms with Gasteiger partial charge in [-0.1, -0.05) is 158 Å². The number of hydrogen-bond donors (Lipinski definition) is 0. The van der Waals surface area contributed by atoms with E-state index in [1.807, 2.05) is 0 Å². The van der Waals surface area contributed by atoms with Crippen molar-refractivity contribution in [3.05, 3.63) is 182 Å². The molecule has 0 saturated carbocycles. The molecule has 1 nitrogen and oxygen atoms in total. The molecule has 0 spiro atoms. The summed E-state index contributed by atoms with van der Waals surface area (Å²) in [6.07, 6.45) is 0. The van der Waals surface area contributed by atoms with Crippen LogP contribution < -0.4 is 10.9 Å². The zero-order valence-corrected chi connectivity index (χ0v) is 27.3. The lowest BCUT2D eigenvalue weighted by Crippen LogP contribution is -2.53. The molecule has 0 fully saturated rings. The van der Waals surface area contributed by atoms with Crippen molar-refractivity contribution >= 4 is 39.6 Å². The second-order valence-electron chi connectivity index (χ2n) is 13.7. The van der Waals surface area contributed by atoms with E-state index in [0.717, 1.165) is 0 Å².